The molecule has 0 saturated carbocycles. The predicted molar refractivity (Wildman–Crippen MR) is 160 cm³/mol. The van der Waals surface area contributed by atoms with E-state index in [1.165, 1.54) is 23.7 Å². The first-order valence-electron chi connectivity index (χ1n) is 14.6. The molecule has 0 aliphatic heterocycles. The SMILES string of the molecule is CC(C)(C)[C@H]1CCc2nc3c(cc2C1)C=C(C(=O)C[C@H](CCNCCO)c1ccc(-c2ccc(=O)[nH]c2)cc1)C3. The van der Waals surface area contributed by atoms with E-state index in [2.05, 4.69) is 55.3 Å². The molecule has 0 amide bonds. The zero-order valence-electron chi connectivity index (χ0n) is 23.9. The van der Waals surface area contributed by atoms with Crippen LogP contribution in [-0.4, -0.2) is 40.6 Å². The second-order valence-corrected chi connectivity index (χ2v) is 12.4. The zero-order valence-corrected chi connectivity index (χ0v) is 23.9. The minimum absolute atomic E-state index is 0.0571. The molecule has 0 bridgehead atoms. The van der Waals surface area contributed by atoms with Crippen molar-refractivity contribution in [2.45, 2.75) is 65.2 Å². The van der Waals surface area contributed by atoms with Gasteiger partial charge in [0.2, 0.25) is 5.56 Å². The number of carbonyl (C=O) groups is 1. The van der Waals surface area contributed by atoms with Crippen molar-refractivity contribution in [3.63, 3.8) is 0 Å². The van der Waals surface area contributed by atoms with Crippen LogP contribution in [-0.2, 0) is 24.1 Å². The van der Waals surface area contributed by atoms with Gasteiger partial charge >= 0.3 is 0 Å². The number of Topliss-reactive ketones (excluding diaryl/α,β-unsaturated/α-hetero) is 1. The zero-order chi connectivity index (χ0) is 28.3. The Balaban J connectivity index is 1.31. The average molecular weight is 540 g/mol. The molecular weight excluding hydrogens is 498 g/mol. The van der Waals surface area contributed by atoms with Crippen LogP contribution in [0.25, 0.3) is 17.2 Å². The Labute approximate surface area is 237 Å². The molecule has 3 N–H and O–H groups in total. The van der Waals surface area contributed by atoms with E-state index >= 15 is 0 Å². The van der Waals surface area contributed by atoms with Crippen molar-refractivity contribution in [2.24, 2.45) is 11.3 Å². The number of nitrogens with zero attached hydrogens (tertiary/aromatic N) is 1. The molecule has 0 unspecified atom stereocenters. The summed E-state index contributed by atoms with van der Waals surface area (Å²) in [7, 11) is 0. The first-order valence-corrected chi connectivity index (χ1v) is 14.6. The number of benzene rings is 1. The van der Waals surface area contributed by atoms with Crippen molar-refractivity contribution in [2.75, 3.05) is 19.7 Å². The number of aromatic nitrogens is 2. The van der Waals surface area contributed by atoms with Gasteiger partial charge in [0.25, 0.3) is 0 Å². The van der Waals surface area contributed by atoms with Gasteiger partial charge in [0, 0.05) is 42.9 Å². The lowest BCUT2D eigenvalue weighted by Crippen LogP contribution is -2.27. The first kappa shape index (κ1) is 28.2. The molecule has 2 aromatic heterocycles. The molecule has 6 heteroatoms. The van der Waals surface area contributed by atoms with Crippen molar-refractivity contribution in [3.05, 3.63) is 92.7 Å². The molecular formula is C34H41N3O3. The fourth-order valence-electron chi connectivity index (χ4n) is 6.09. The van der Waals surface area contributed by atoms with Crippen molar-refractivity contribution < 1.29 is 9.90 Å². The maximum absolute atomic E-state index is 13.6. The largest absolute Gasteiger partial charge is 0.395 e. The first-order chi connectivity index (χ1) is 19.2. The Hall–Kier alpha value is -3.35. The summed E-state index contributed by atoms with van der Waals surface area (Å²) >= 11 is 0. The third kappa shape index (κ3) is 6.51. The number of hydrogen-bond donors (Lipinski definition) is 3. The van der Waals surface area contributed by atoms with Gasteiger partial charge in [-0.25, -0.2) is 0 Å². The molecule has 0 radical (unpaired) electrons. The standard InChI is InChI=1S/C34H41N3O3/c1-34(2,3)29-9-10-30-27(18-29)16-26-17-28(19-31(26)37-30)32(39)20-24(12-13-35-14-15-38)22-4-6-23(7-5-22)25-8-11-33(40)36-21-25/h4-8,11,16-17,21,24,29,35,38H,9-10,12-15,18-20H2,1-3H3,(H,36,40)/t24-,29-/m0/s1. The summed E-state index contributed by atoms with van der Waals surface area (Å²) in [5, 5.41) is 12.4. The Morgan fingerprint density at radius 2 is 1.88 bits per heavy atom. The van der Waals surface area contributed by atoms with Crippen LogP contribution in [0.5, 0.6) is 0 Å². The molecule has 0 fully saturated rings. The van der Waals surface area contributed by atoms with Gasteiger partial charge in [-0.05, 0) is 95.5 Å². The molecule has 210 valence electrons. The minimum atomic E-state index is -0.123. The lowest BCUT2D eigenvalue weighted by atomic mass is 9.71. The van der Waals surface area contributed by atoms with Crippen LogP contribution in [0.1, 0.15) is 74.0 Å². The van der Waals surface area contributed by atoms with E-state index in [1.54, 1.807) is 6.20 Å². The number of hydrogen-bond acceptors (Lipinski definition) is 5. The topological polar surface area (TPSA) is 95.1 Å². The highest BCUT2D eigenvalue weighted by atomic mass is 16.3. The van der Waals surface area contributed by atoms with Crippen LogP contribution >= 0.6 is 0 Å². The van der Waals surface area contributed by atoms with Crippen LogP contribution in [0.2, 0.25) is 0 Å². The number of ketones is 1. The summed E-state index contributed by atoms with van der Waals surface area (Å²) in [6.45, 7) is 8.34. The highest BCUT2D eigenvalue weighted by Gasteiger charge is 2.31. The molecule has 5 rings (SSSR count). The van der Waals surface area contributed by atoms with Crippen molar-refractivity contribution >= 4 is 11.9 Å². The van der Waals surface area contributed by atoms with Crippen molar-refractivity contribution in [1.82, 2.24) is 15.3 Å². The van der Waals surface area contributed by atoms with Gasteiger partial charge in [-0.1, -0.05) is 45.0 Å². The maximum atomic E-state index is 13.6. The number of nitrogens with one attached hydrogen (secondary N) is 2. The normalized spacial score (nSPS) is 17.2. The van der Waals surface area contributed by atoms with E-state index in [-0.39, 0.29) is 29.3 Å². The van der Waals surface area contributed by atoms with Crippen LogP contribution < -0.4 is 10.9 Å². The molecule has 2 aliphatic rings. The van der Waals surface area contributed by atoms with Gasteiger partial charge in [0.05, 0.1) is 12.3 Å². The molecule has 40 heavy (non-hydrogen) atoms. The molecule has 6 nitrogen and oxygen atoms in total. The number of aromatic amines is 1. The van der Waals surface area contributed by atoms with Gasteiger partial charge in [-0.15, -0.1) is 0 Å². The summed E-state index contributed by atoms with van der Waals surface area (Å²) in [6.07, 6.45) is 8.90. The van der Waals surface area contributed by atoms with Crippen LogP contribution in [0, 0.1) is 11.3 Å². The number of carbonyl (C=O) groups excluding carboxylic acids is 1. The van der Waals surface area contributed by atoms with E-state index in [0.29, 0.717) is 25.3 Å². The van der Waals surface area contributed by atoms with Gasteiger partial charge in [0.15, 0.2) is 5.78 Å². The Morgan fingerprint density at radius 3 is 2.58 bits per heavy atom. The number of H-pyrrole nitrogens is 1. The maximum Gasteiger partial charge on any atom is 0.247 e. The van der Waals surface area contributed by atoms with E-state index in [1.807, 2.05) is 18.2 Å². The van der Waals surface area contributed by atoms with E-state index < -0.39 is 0 Å². The Morgan fingerprint density at radius 1 is 1.10 bits per heavy atom. The van der Waals surface area contributed by atoms with Crippen molar-refractivity contribution in [3.8, 4) is 11.1 Å². The summed E-state index contributed by atoms with van der Waals surface area (Å²) in [6, 6.07) is 13.9. The van der Waals surface area contributed by atoms with Crippen LogP contribution in [0.15, 0.2) is 59.0 Å². The summed E-state index contributed by atoms with van der Waals surface area (Å²) in [4.78, 5) is 32.8. The predicted octanol–water partition coefficient (Wildman–Crippen LogP) is 5.24. The molecule has 2 aliphatic carbocycles. The highest BCUT2D eigenvalue weighted by Crippen LogP contribution is 2.39. The number of aliphatic hydroxyl groups is 1. The van der Waals surface area contributed by atoms with Gasteiger partial charge in [-0.2, -0.15) is 0 Å². The lowest BCUT2D eigenvalue weighted by Gasteiger charge is -2.34. The Kier molecular flexibility index (Phi) is 8.48. The smallest absolute Gasteiger partial charge is 0.247 e. The quantitative estimate of drug-likeness (QED) is 0.306. The second kappa shape index (κ2) is 12.0. The fraction of sp³-hybridized carbons (Fsp3) is 0.441. The monoisotopic (exact) mass is 539 g/mol. The second-order valence-electron chi connectivity index (χ2n) is 12.4. The Bertz CT molecular complexity index is 1430. The summed E-state index contributed by atoms with van der Waals surface area (Å²) in [5.74, 6) is 0.893. The molecule has 3 aromatic rings. The summed E-state index contributed by atoms with van der Waals surface area (Å²) in [5.41, 5.74) is 8.82. The lowest BCUT2D eigenvalue weighted by molar-refractivity contribution is -0.116. The number of allylic oxidation sites excluding steroid dienone is 1. The van der Waals surface area contributed by atoms with Gasteiger partial charge < -0.3 is 15.4 Å². The van der Waals surface area contributed by atoms with Crippen molar-refractivity contribution in [1.29, 1.82) is 0 Å². The third-order valence-electron chi connectivity index (χ3n) is 8.66. The molecule has 2 atom stereocenters. The van der Waals surface area contributed by atoms with E-state index in [4.69, 9.17) is 10.1 Å². The average Bonchev–Trinajstić information content (AvgIpc) is 3.36. The fourth-order valence-corrected chi connectivity index (χ4v) is 6.09. The number of aliphatic hydroxyl groups excluding tert-OH is 1. The van der Waals surface area contributed by atoms with E-state index in [0.717, 1.165) is 59.3 Å². The molecule has 2 heterocycles. The minimum Gasteiger partial charge on any atom is -0.395 e. The number of pyridine rings is 2. The van der Waals surface area contributed by atoms with Crippen LogP contribution in [0.4, 0.5) is 0 Å². The molecule has 0 spiro atoms. The number of fused-ring (bicyclic) bond motifs is 2. The van der Waals surface area contributed by atoms with Gasteiger partial charge in [0.1, 0.15) is 0 Å². The molecule has 0 saturated heterocycles. The molecule has 1 aromatic carbocycles. The van der Waals surface area contributed by atoms with E-state index in [9.17, 15) is 9.59 Å². The highest BCUT2D eigenvalue weighted by molar-refractivity contribution is 6.02. The summed E-state index contributed by atoms with van der Waals surface area (Å²) < 4.78 is 0. The van der Waals surface area contributed by atoms with Gasteiger partial charge in [-0.3, -0.25) is 14.6 Å². The third-order valence-corrected chi connectivity index (χ3v) is 8.66. The van der Waals surface area contributed by atoms with Crippen LogP contribution in [0.3, 0.4) is 0 Å². The number of rotatable bonds is 10. The number of aryl methyl sites for hydroxylation is 1.